The van der Waals surface area contributed by atoms with Crippen LogP contribution in [-0.2, 0) is 11.0 Å². The van der Waals surface area contributed by atoms with E-state index in [1.54, 1.807) is 0 Å². The van der Waals surface area contributed by atoms with E-state index in [4.69, 9.17) is 4.74 Å². The number of ether oxygens (including phenoxy) is 1. The fraction of sp³-hybridized carbons (Fsp3) is 0.263. The predicted octanol–water partition coefficient (Wildman–Crippen LogP) is 4.70. The zero-order chi connectivity index (χ0) is 20.0. The highest BCUT2D eigenvalue weighted by molar-refractivity contribution is 6.05. The average Bonchev–Trinajstić information content (AvgIpc) is 2.59. The Kier molecular flexibility index (Phi) is 6.44. The van der Waals surface area contributed by atoms with Gasteiger partial charge in [0.05, 0.1) is 17.9 Å². The standard InChI is InChI=1S/C19H19F3N2O3/c1-3-10-27-17-9-6-14(19(20,21)22)11-16(17)24-18(26)13-4-7-15(8-5-13)23-12(2)25/h4-9,11H,3,10H2,1-2H3,(H,23,25)(H,24,26). The smallest absolute Gasteiger partial charge is 0.416 e. The topological polar surface area (TPSA) is 67.4 Å². The van der Waals surface area contributed by atoms with Crippen molar-refractivity contribution in [1.29, 1.82) is 0 Å². The Bertz CT molecular complexity index is 818. The Morgan fingerprint density at radius 2 is 1.70 bits per heavy atom. The third kappa shape index (κ3) is 5.73. The van der Waals surface area contributed by atoms with Crippen molar-refractivity contribution in [2.45, 2.75) is 26.4 Å². The fourth-order valence-corrected chi connectivity index (χ4v) is 2.24. The lowest BCUT2D eigenvalue weighted by molar-refractivity contribution is -0.137. The number of halogens is 3. The minimum Gasteiger partial charge on any atom is -0.491 e. The van der Waals surface area contributed by atoms with Crippen molar-refractivity contribution in [2.75, 3.05) is 17.2 Å². The Hall–Kier alpha value is -3.03. The van der Waals surface area contributed by atoms with Crippen LogP contribution < -0.4 is 15.4 Å². The lowest BCUT2D eigenvalue weighted by Gasteiger charge is -2.15. The number of carbonyl (C=O) groups is 2. The summed E-state index contributed by atoms with van der Waals surface area (Å²) in [6.07, 6.45) is -3.87. The monoisotopic (exact) mass is 380 g/mol. The minimum atomic E-state index is -4.54. The van der Waals surface area contributed by atoms with E-state index < -0.39 is 17.6 Å². The lowest BCUT2D eigenvalue weighted by Crippen LogP contribution is -2.15. The molecule has 0 atom stereocenters. The predicted molar refractivity (Wildman–Crippen MR) is 95.9 cm³/mol. The molecule has 0 radical (unpaired) electrons. The molecule has 0 aliphatic rings. The molecule has 0 saturated carbocycles. The zero-order valence-corrected chi connectivity index (χ0v) is 14.8. The molecule has 2 aromatic carbocycles. The van der Waals surface area contributed by atoms with Gasteiger partial charge in [-0.15, -0.1) is 0 Å². The second-order valence-corrected chi connectivity index (χ2v) is 5.77. The number of hydrogen-bond donors (Lipinski definition) is 2. The van der Waals surface area contributed by atoms with Crippen LogP contribution in [-0.4, -0.2) is 18.4 Å². The van der Waals surface area contributed by atoms with E-state index >= 15 is 0 Å². The molecule has 2 aromatic rings. The molecule has 5 nitrogen and oxygen atoms in total. The highest BCUT2D eigenvalue weighted by Gasteiger charge is 2.31. The molecule has 2 amide bonds. The van der Waals surface area contributed by atoms with Gasteiger partial charge in [0.15, 0.2) is 0 Å². The van der Waals surface area contributed by atoms with E-state index in [2.05, 4.69) is 10.6 Å². The summed E-state index contributed by atoms with van der Waals surface area (Å²) < 4.78 is 44.3. The van der Waals surface area contributed by atoms with Gasteiger partial charge in [-0.2, -0.15) is 13.2 Å². The van der Waals surface area contributed by atoms with Crippen LogP contribution in [0.15, 0.2) is 42.5 Å². The van der Waals surface area contributed by atoms with Gasteiger partial charge in [-0.3, -0.25) is 9.59 Å². The van der Waals surface area contributed by atoms with Crippen molar-refractivity contribution in [2.24, 2.45) is 0 Å². The SMILES string of the molecule is CCCOc1ccc(C(F)(F)F)cc1NC(=O)c1ccc(NC(C)=O)cc1. The molecule has 2 rings (SSSR count). The first-order valence-electron chi connectivity index (χ1n) is 8.23. The second-order valence-electron chi connectivity index (χ2n) is 5.77. The number of amides is 2. The number of nitrogens with one attached hydrogen (secondary N) is 2. The van der Waals surface area contributed by atoms with Crippen LogP contribution in [0.25, 0.3) is 0 Å². The molecule has 8 heteroatoms. The second kappa shape index (κ2) is 8.57. The summed E-state index contributed by atoms with van der Waals surface area (Å²) in [5.74, 6) is -0.688. The third-order valence-electron chi connectivity index (χ3n) is 3.48. The van der Waals surface area contributed by atoms with Crippen molar-refractivity contribution in [3.05, 3.63) is 53.6 Å². The summed E-state index contributed by atoms with van der Waals surface area (Å²) in [7, 11) is 0. The van der Waals surface area contributed by atoms with Gasteiger partial charge < -0.3 is 15.4 Å². The van der Waals surface area contributed by atoms with Gasteiger partial charge in [-0.05, 0) is 48.9 Å². The molecule has 0 aliphatic heterocycles. The maximum Gasteiger partial charge on any atom is 0.416 e. The van der Waals surface area contributed by atoms with Gasteiger partial charge in [0.25, 0.3) is 5.91 Å². The van der Waals surface area contributed by atoms with E-state index in [-0.39, 0.29) is 22.9 Å². The lowest BCUT2D eigenvalue weighted by atomic mass is 10.1. The van der Waals surface area contributed by atoms with Crippen LogP contribution in [0, 0.1) is 0 Å². The van der Waals surface area contributed by atoms with Gasteiger partial charge in [-0.1, -0.05) is 6.92 Å². The van der Waals surface area contributed by atoms with Crippen molar-refractivity contribution >= 4 is 23.2 Å². The summed E-state index contributed by atoms with van der Waals surface area (Å²) in [5.41, 5.74) is -0.218. The molecule has 0 unspecified atom stereocenters. The normalized spacial score (nSPS) is 11.0. The number of alkyl halides is 3. The molecule has 0 saturated heterocycles. The Morgan fingerprint density at radius 3 is 2.26 bits per heavy atom. The van der Waals surface area contributed by atoms with E-state index in [1.165, 1.54) is 37.3 Å². The summed E-state index contributed by atoms with van der Waals surface area (Å²) in [6.45, 7) is 3.52. The molecular weight excluding hydrogens is 361 g/mol. The van der Waals surface area contributed by atoms with Crippen LogP contribution in [0.2, 0.25) is 0 Å². The zero-order valence-electron chi connectivity index (χ0n) is 14.8. The molecule has 0 aromatic heterocycles. The van der Waals surface area contributed by atoms with E-state index in [0.717, 1.165) is 12.1 Å². The number of hydrogen-bond acceptors (Lipinski definition) is 3. The summed E-state index contributed by atoms with van der Waals surface area (Å²) in [4.78, 5) is 23.4. The van der Waals surface area contributed by atoms with Crippen LogP contribution in [0.1, 0.15) is 36.2 Å². The molecule has 0 fully saturated rings. The van der Waals surface area contributed by atoms with Crippen molar-refractivity contribution in [3.63, 3.8) is 0 Å². The number of carbonyl (C=O) groups excluding carboxylic acids is 2. The number of rotatable bonds is 6. The Labute approximate surface area is 154 Å². The first kappa shape index (κ1) is 20.3. The Morgan fingerprint density at radius 1 is 1.04 bits per heavy atom. The van der Waals surface area contributed by atoms with Crippen LogP contribution >= 0.6 is 0 Å². The van der Waals surface area contributed by atoms with E-state index in [9.17, 15) is 22.8 Å². The molecule has 0 spiro atoms. The minimum absolute atomic E-state index is 0.0609. The Balaban J connectivity index is 2.25. The molecule has 0 bridgehead atoms. The molecule has 0 heterocycles. The highest BCUT2D eigenvalue weighted by Crippen LogP contribution is 2.35. The first-order valence-corrected chi connectivity index (χ1v) is 8.23. The average molecular weight is 380 g/mol. The molecule has 0 aliphatic carbocycles. The van der Waals surface area contributed by atoms with Crippen LogP contribution in [0.4, 0.5) is 24.5 Å². The first-order chi connectivity index (χ1) is 12.7. The summed E-state index contributed by atoms with van der Waals surface area (Å²) in [5, 5.41) is 5.02. The van der Waals surface area contributed by atoms with E-state index in [1.807, 2.05) is 6.92 Å². The van der Waals surface area contributed by atoms with Crippen molar-refractivity contribution in [3.8, 4) is 5.75 Å². The van der Waals surface area contributed by atoms with Gasteiger partial charge in [0, 0.05) is 18.2 Å². The van der Waals surface area contributed by atoms with Crippen LogP contribution in [0.5, 0.6) is 5.75 Å². The van der Waals surface area contributed by atoms with E-state index in [0.29, 0.717) is 18.7 Å². The molecule has 144 valence electrons. The van der Waals surface area contributed by atoms with Gasteiger partial charge in [-0.25, -0.2) is 0 Å². The van der Waals surface area contributed by atoms with Crippen molar-refractivity contribution < 1.29 is 27.5 Å². The summed E-state index contributed by atoms with van der Waals surface area (Å²) >= 11 is 0. The molecule has 2 N–H and O–H groups in total. The maximum absolute atomic E-state index is 13.0. The summed E-state index contributed by atoms with van der Waals surface area (Å²) in [6, 6.07) is 8.90. The molecular formula is C19H19F3N2O3. The molecule has 27 heavy (non-hydrogen) atoms. The van der Waals surface area contributed by atoms with Crippen LogP contribution in [0.3, 0.4) is 0 Å². The maximum atomic E-state index is 13.0. The number of benzene rings is 2. The number of anilines is 2. The largest absolute Gasteiger partial charge is 0.491 e. The quantitative estimate of drug-likeness (QED) is 0.763. The highest BCUT2D eigenvalue weighted by atomic mass is 19.4. The third-order valence-corrected chi connectivity index (χ3v) is 3.48. The van der Waals surface area contributed by atoms with Gasteiger partial charge in [0.2, 0.25) is 5.91 Å². The fourth-order valence-electron chi connectivity index (χ4n) is 2.24. The van der Waals surface area contributed by atoms with Gasteiger partial charge >= 0.3 is 6.18 Å². The van der Waals surface area contributed by atoms with Crippen molar-refractivity contribution in [1.82, 2.24) is 0 Å². The van der Waals surface area contributed by atoms with Gasteiger partial charge in [0.1, 0.15) is 5.75 Å².